The number of rotatable bonds is 2. The zero-order chi connectivity index (χ0) is 64.1. The molecular weight excluding hydrogens is 1460 g/mol. The van der Waals surface area contributed by atoms with E-state index in [0.717, 1.165) is 167 Å². The van der Waals surface area contributed by atoms with Gasteiger partial charge in [-0.25, -0.2) is 0 Å². The van der Waals surface area contributed by atoms with Gasteiger partial charge in [-0.05, 0) is 149 Å². The highest BCUT2D eigenvalue weighted by Crippen LogP contribution is 2.67. The van der Waals surface area contributed by atoms with E-state index in [1.54, 1.807) is 0 Å². The number of halogens is 4. The Hall–Kier alpha value is -10.2. The maximum atomic E-state index is 13.8. The number of hydrogen-bond acceptors (Lipinski definition) is 5. The largest absolute Gasteiger partial charge is 0.455 e. The van der Waals surface area contributed by atoms with Crippen molar-refractivity contribution in [2.75, 3.05) is 0 Å². The van der Waals surface area contributed by atoms with Gasteiger partial charge in [-0.1, -0.05) is 198 Å². The van der Waals surface area contributed by atoms with E-state index in [4.69, 9.17) is 17.7 Å². The second kappa shape index (κ2) is 19.5. The molecule has 0 fully saturated rings. The lowest BCUT2D eigenvalue weighted by Crippen LogP contribution is -2.33. The SMILES string of the molecule is Brc1cc2c(c3c1oc1ccccc13)-c1c(cc(Br)c3c1oc1ccccc13)C21c2ccccc2-n2c3ccccc3c3cccc1c32.OC1(c2ccccc2-n2c3ccccc3c3ccccc32)c2cc(Br)c3c(oc4ccccc43)c2-c2c1cc(Br)c1oc3ccccc3c21. The zero-order valence-corrected chi connectivity index (χ0v) is 57.2. The second-order valence-electron chi connectivity index (χ2n) is 25.8. The first-order chi connectivity index (χ1) is 47.7. The van der Waals surface area contributed by atoms with Crippen molar-refractivity contribution in [3.8, 4) is 33.6 Å². The van der Waals surface area contributed by atoms with Gasteiger partial charge in [-0.2, -0.15) is 0 Å². The van der Waals surface area contributed by atoms with Gasteiger partial charge in [0.2, 0.25) is 0 Å². The van der Waals surface area contributed by atoms with Crippen LogP contribution in [-0.4, -0.2) is 14.2 Å². The minimum Gasteiger partial charge on any atom is -0.455 e. The second-order valence-corrected chi connectivity index (χ2v) is 29.2. The van der Waals surface area contributed by atoms with Crippen molar-refractivity contribution in [1.29, 1.82) is 0 Å². The summed E-state index contributed by atoms with van der Waals surface area (Å²) in [6.07, 6.45) is 0. The summed E-state index contributed by atoms with van der Waals surface area (Å²) >= 11 is 15.9. The molecule has 7 heterocycles. The number of fused-ring (bicyclic) bond motifs is 34. The van der Waals surface area contributed by atoms with Gasteiger partial charge in [0.05, 0.1) is 47.8 Å². The monoisotopic (exact) mass is 1500 g/mol. The average molecular weight is 1500 g/mol. The summed E-state index contributed by atoms with van der Waals surface area (Å²) in [6.45, 7) is 0. The maximum absolute atomic E-state index is 13.8. The molecule has 0 bridgehead atoms. The van der Waals surface area contributed by atoms with E-state index in [1.807, 2.05) is 66.7 Å². The number of benzene rings is 14. The van der Waals surface area contributed by atoms with Gasteiger partial charge >= 0.3 is 0 Å². The number of aromatic nitrogens is 2. The number of aliphatic hydroxyl groups is 1. The Balaban J connectivity index is 0.000000125. The van der Waals surface area contributed by atoms with Crippen molar-refractivity contribution in [1.82, 2.24) is 9.13 Å². The third-order valence-corrected chi connectivity index (χ3v) is 23.7. The molecule has 1 spiro atoms. The lowest BCUT2D eigenvalue weighted by Gasteiger charge is -2.39. The highest BCUT2D eigenvalue weighted by molar-refractivity contribution is 9.11. The van der Waals surface area contributed by atoms with E-state index in [9.17, 15) is 5.11 Å². The van der Waals surface area contributed by atoms with Crippen molar-refractivity contribution in [3.05, 3.63) is 318 Å². The van der Waals surface area contributed by atoms with Crippen LogP contribution in [0.4, 0.5) is 0 Å². The molecule has 23 rings (SSSR count). The van der Waals surface area contributed by atoms with Gasteiger partial charge in [-0.15, -0.1) is 0 Å². The molecule has 456 valence electrons. The van der Waals surface area contributed by atoms with Crippen molar-refractivity contribution in [3.63, 3.8) is 0 Å². The molecular formula is C86H44Br4N2O5. The molecule has 1 N–H and O–H groups in total. The number of hydrogen-bond donors (Lipinski definition) is 1. The molecule has 20 aromatic rings. The molecule has 2 atom stereocenters. The predicted molar refractivity (Wildman–Crippen MR) is 406 cm³/mol. The van der Waals surface area contributed by atoms with E-state index in [1.165, 1.54) is 55.3 Å². The summed E-state index contributed by atoms with van der Waals surface area (Å²) in [4.78, 5) is 0. The molecule has 0 saturated heterocycles. The molecule has 1 aliphatic heterocycles. The van der Waals surface area contributed by atoms with Crippen LogP contribution in [0.5, 0.6) is 0 Å². The van der Waals surface area contributed by atoms with Gasteiger partial charge in [0.15, 0.2) is 0 Å². The topological polar surface area (TPSA) is 82.6 Å². The van der Waals surface area contributed by atoms with Gasteiger partial charge in [-0.3, -0.25) is 0 Å². The summed E-state index contributed by atoms with van der Waals surface area (Å²) in [7, 11) is 0. The van der Waals surface area contributed by atoms with Crippen LogP contribution in [0.25, 0.3) is 165 Å². The van der Waals surface area contributed by atoms with E-state index < -0.39 is 11.0 Å². The molecule has 97 heavy (non-hydrogen) atoms. The van der Waals surface area contributed by atoms with Crippen LogP contribution >= 0.6 is 63.7 Å². The number of nitrogens with zero attached hydrogens (tertiary/aromatic N) is 2. The highest BCUT2D eigenvalue weighted by Gasteiger charge is 2.54. The van der Waals surface area contributed by atoms with Gasteiger partial charge in [0.25, 0.3) is 0 Å². The molecule has 7 nitrogen and oxygen atoms in total. The van der Waals surface area contributed by atoms with Crippen LogP contribution < -0.4 is 0 Å². The lowest BCUT2D eigenvalue weighted by molar-refractivity contribution is 0.130. The first-order valence-electron chi connectivity index (χ1n) is 32.2. The molecule has 2 unspecified atom stereocenters. The predicted octanol–water partition coefficient (Wildman–Crippen LogP) is 25.2. The zero-order valence-electron chi connectivity index (χ0n) is 50.8. The summed E-state index contributed by atoms with van der Waals surface area (Å²) < 4.78 is 35.2. The first kappa shape index (κ1) is 55.0. The number of furan rings is 4. The molecule has 11 heteroatoms. The molecule has 2 aliphatic carbocycles. The fourth-order valence-electron chi connectivity index (χ4n) is 17.6. The summed E-state index contributed by atoms with van der Waals surface area (Å²) in [5.41, 5.74) is 22.3. The Morgan fingerprint density at radius 1 is 0.268 bits per heavy atom. The van der Waals surface area contributed by atoms with Crippen molar-refractivity contribution >= 4 is 195 Å². The Labute approximate surface area is 584 Å². The third kappa shape index (κ3) is 6.83. The summed E-state index contributed by atoms with van der Waals surface area (Å²) in [5.74, 6) is 0. The van der Waals surface area contributed by atoms with Crippen molar-refractivity contribution in [2.45, 2.75) is 11.0 Å². The van der Waals surface area contributed by atoms with Gasteiger partial charge in [0, 0.05) is 113 Å². The number of para-hydroxylation sites is 10. The van der Waals surface area contributed by atoms with Crippen LogP contribution in [0.15, 0.2) is 296 Å². The molecule has 0 saturated carbocycles. The molecule has 3 aliphatic rings. The van der Waals surface area contributed by atoms with Crippen LogP contribution in [0.3, 0.4) is 0 Å². The standard InChI is InChI=1S/C43H23Br2NO3.C43H21Br2NO2/c44-30-21-29-40(42-37(30)25-13-3-9-19-35(25)49-42)39-28(22-31(45)41-38(39)26-14-4-10-20-36(26)48-41)43(29,47)27-15-5-8-18-34(27)46-32-16-6-1-11-23(32)24-12-2-7-17-33(24)46;44-30-20-29-39(42-36(30)24-11-2-7-18-34(24)48-42)38-28(21-31(45)41-37(38)25-12-3-8-19-35(25)47-41)43(29)26-14-4-6-17-33(26)46-32-16-5-1-10-22(32)23-13-9-15-27(43)40(23)46/h1-22,47H;1-21H. The Morgan fingerprint density at radius 2 is 0.608 bits per heavy atom. The third-order valence-electron chi connectivity index (χ3n) is 21.3. The highest BCUT2D eigenvalue weighted by atomic mass is 79.9. The quantitative estimate of drug-likeness (QED) is 0.186. The van der Waals surface area contributed by atoms with E-state index in [-0.39, 0.29) is 0 Å². The maximum Gasteiger partial charge on any atom is 0.150 e. The van der Waals surface area contributed by atoms with Gasteiger partial charge in [0.1, 0.15) is 50.3 Å². The minimum atomic E-state index is -1.57. The average Bonchev–Trinajstić information content (AvgIpc) is 1.50. The van der Waals surface area contributed by atoms with Crippen LogP contribution in [0.2, 0.25) is 0 Å². The van der Waals surface area contributed by atoms with E-state index in [2.05, 4.69) is 267 Å². The Kier molecular flexibility index (Phi) is 11.0. The van der Waals surface area contributed by atoms with E-state index >= 15 is 0 Å². The van der Waals surface area contributed by atoms with Crippen LogP contribution in [0.1, 0.15) is 38.9 Å². The molecule has 0 amide bonds. The minimum absolute atomic E-state index is 0.643. The van der Waals surface area contributed by atoms with E-state index in [0.29, 0.717) is 0 Å². The lowest BCUT2D eigenvalue weighted by atomic mass is 9.65. The van der Waals surface area contributed by atoms with Crippen LogP contribution in [0, 0.1) is 0 Å². The smallest absolute Gasteiger partial charge is 0.150 e. The molecule has 14 aromatic carbocycles. The van der Waals surface area contributed by atoms with Crippen molar-refractivity contribution in [2.24, 2.45) is 0 Å². The first-order valence-corrected chi connectivity index (χ1v) is 35.4. The normalized spacial score (nSPS) is 16.0. The Morgan fingerprint density at radius 3 is 1.15 bits per heavy atom. The summed E-state index contributed by atoms with van der Waals surface area (Å²) in [6, 6.07) is 91.5. The summed E-state index contributed by atoms with van der Waals surface area (Å²) in [5, 5.41) is 26.9. The fraction of sp³-hybridized carbons (Fsp3) is 0.0233. The molecule has 0 radical (unpaired) electrons. The van der Waals surface area contributed by atoms with Gasteiger partial charge < -0.3 is 31.9 Å². The van der Waals surface area contributed by atoms with Crippen LogP contribution in [-0.2, 0) is 11.0 Å². The molecule has 6 aromatic heterocycles. The Bertz CT molecular complexity index is 6940. The van der Waals surface area contributed by atoms with Crippen molar-refractivity contribution < 1.29 is 22.8 Å². The fourth-order valence-corrected chi connectivity index (χ4v) is 19.9.